The van der Waals surface area contributed by atoms with Gasteiger partial charge in [-0.1, -0.05) is 55.5 Å². The van der Waals surface area contributed by atoms with Crippen LogP contribution in [-0.4, -0.2) is 17.1 Å². The van der Waals surface area contributed by atoms with Crippen molar-refractivity contribution in [1.29, 1.82) is 5.26 Å². The number of fused-ring (bicyclic) bond motifs is 2. The van der Waals surface area contributed by atoms with Crippen LogP contribution in [-0.2, 0) is 11.2 Å². The third kappa shape index (κ3) is 3.77. The van der Waals surface area contributed by atoms with E-state index >= 15 is 0 Å². The Labute approximate surface area is 170 Å². The van der Waals surface area contributed by atoms with Crippen molar-refractivity contribution in [2.24, 2.45) is 5.92 Å². The van der Waals surface area contributed by atoms with Crippen LogP contribution in [0.2, 0.25) is 0 Å². The van der Waals surface area contributed by atoms with Crippen LogP contribution < -0.4 is 0 Å². The summed E-state index contributed by atoms with van der Waals surface area (Å²) in [6.45, 7) is 3.76. The number of esters is 1. The normalized spacial score (nSPS) is 18.1. The van der Waals surface area contributed by atoms with Gasteiger partial charge in [-0.05, 0) is 54.5 Å². The van der Waals surface area contributed by atoms with Gasteiger partial charge in [0.1, 0.15) is 6.07 Å². The highest BCUT2D eigenvalue weighted by atomic mass is 16.5. The monoisotopic (exact) mass is 382 g/mol. The number of allylic oxidation sites excluding steroid dienone is 1. The number of para-hydroxylation sites is 1. The van der Waals surface area contributed by atoms with Crippen LogP contribution in [0, 0.1) is 17.2 Å². The van der Waals surface area contributed by atoms with Gasteiger partial charge in [0.2, 0.25) is 0 Å². The molecular formula is C25H22N2O2. The average molecular weight is 382 g/mol. The van der Waals surface area contributed by atoms with Crippen LogP contribution in [0.25, 0.3) is 22.6 Å². The minimum atomic E-state index is -0.801. The van der Waals surface area contributed by atoms with Crippen molar-refractivity contribution in [3.63, 3.8) is 0 Å². The Balaban J connectivity index is 1.94. The number of pyridine rings is 1. The van der Waals surface area contributed by atoms with E-state index in [1.54, 1.807) is 6.92 Å². The van der Waals surface area contributed by atoms with E-state index in [2.05, 4.69) is 25.1 Å². The van der Waals surface area contributed by atoms with Gasteiger partial charge in [-0.25, -0.2) is 9.78 Å². The van der Waals surface area contributed by atoms with Crippen LogP contribution >= 0.6 is 0 Å². The summed E-state index contributed by atoms with van der Waals surface area (Å²) in [7, 11) is 0. The molecule has 0 N–H and O–H groups in total. The number of hydrogen-bond acceptors (Lipinski definition) is 4. The van der Waals surface area contributed by atoms with E-state index in [4.69, 9.17) is 15.0 Å². The molecular weight excluding hydrogens is 360 g/mol. The number of hydrogen-bond donors (Lipinski definition) is 0. The van der Waals surface area contributed by atoms with Crippen molar-refractivity contribution in [3.05, 3.63) is 77.0 Å². The SMILES string of the molecule is C[C@@H]1C/C(=C\c2ccccc2)c2nc3ccccc3c(C(=O)O[C@@H](C)C#N)c2C1. The van der Waals surface area contributed by atoms with Gasteiger partial charge < -0.3 is 4.74 Å². The van der Waals surface area contributed by atoms with Crippen LogP contribution in [0.5, 0.6) is 0 Å². The van der Waals surface area contributed by atoms with Gasteiger partial charge in [-0.15, -0.1) is 0 Å². The Morgan fingerprint density at radius 1 is 1.17 bits per heavy atom. The molecule has 29 heavy (non-hydrogen) atoms. The highest BCUT2D eigenvalue weighted by Gasteiger charge is 2.29. The van der Waals surface area contributed by atoms with E-state index in [9.17, 15) is 4.79 Å². The van der Waals surface area contributed by atoms with E-state index < -0.39 is 12.1 Å². The average Bonchev–Trinajstić information content (AvgIpc) is 2.72. The molecule has 0 unspecified atom stereocenters. The number of carbonyl (C=O) groups is 1. The molecule has 1 aromatic heterocycles. The second-order valence-corrected chi connectivity index (χ2v) is 7.60. The zero-order valence-electron chi connectivity index (χ0n) is 16.6. The third-order valence-electron chi connectivity index (χ3n) is 5.23. The molecule has 2 atom stereocenters. The fraction of sp³-hybridized carbons (Fsp3) is 0.240. The number of rotatable bonds is 3. The van der Waals surface area contributed by atoms with E-state index in [-0.39, 0.29) is 0 Å². The highest BCUT2D eigenvalue weighted by Crippen LogP contribution is 2.38. The van der Waals surface area contributed by atoms with Gasteiger partial charge in [-0.3, -0.25) is 0 Å². The Hall–Kier alpha value is -3.45. The number of benzene rings is 2. The molecule has 1 aliphatic carbocycles. The summed E-state index contributed by atoms with van der Waals surface area (Å²) in [5, 5.41) is 9.85. The van der Waals surface area contributed by atoms with Crippen molar-refractivity contribution in [1.82, 2.24) is 4.98 Å². The molecule has 4 nitrogen and oxygen atoms in total. The number of nitriles is 1. The van der Waals surface area contributed by atoms with Crippen molar-refractivity contribution < 1.29 is 9.53 Å². The largest absolute Gasteiger partial charge is 0.444 e. The van der Waals surface area contributed by atoms with E-state index in [1.165, 1.54) is 0 Å². The lowest BCUT2D eigenvalue weighted by molar-refractivity contribution is 0.0436. The minimum Gasteiger partial charge on any atom is -0.444 e. The van der Waals surface area contributed by atoms with Crippen molar-refractivity contribution in [3.8, 4) is 6.07 Å². The molecule has 2 aromatic carbocycles. The lowest BCUT2D eigenvalue weighted by Gasteiger charge is -2.26. The zero-order valence-corrected chi connectivity index (χ0v) is 16.6. The fourth-order valence-corrected chi connectivity index (χ4v) is 3.97. The molecule has 0 spiro atoms. The second kappa shape index (κ2) is 7.89. The lowest BCUT2D eigenvalue weighted by atomic mass is 9.80. The molecule has 0 bridgehead atoms. The molecule has 4 heteroatoms. The van der Waals surface area contributed by atoms with Gasteiger partial charge >= 0.3 is 5.97 Å². The highest BCUT2D eigenvalue weighted by molar-refractivity contribution is 6.06. The number of carbonyl (C=O) groups excluding carboxylic acids is 1. The first-order valence-corrected chi connectivity index (χ1v) is 9.85. The van der Waals surface area contributed by atoms with Gasteiger partial charge in [0.05, 0.1) is 16.8 Å². The summed E-state index contributed by atoms with van der Waals surface area (Å²) in [6, 6.07) is 19.8. The predicted octanol–water partition coefficient (Wildman–Crippen LogP) is 5.43. The van der Waals surface area contributed by atoms with Crippen molar-refractivity contribution in [2.75, 3.05) is 0 Å². The number of aromatic nitrogens is 1. The summed E-state index contributed by atoms with van der Waals surface area (Å²) < 4.78 is 5.40. The third-order valence-corrected chi connectivity index (χ3v) is 5.23. The maximum absolute atomic E-state index is 13.1. The number of nitrogens with zero attached hydrogens (tertiary/aromatic N) is 2. The molecule has 3 aromatic rings. The standard InChI is InChI=1S/C25H22N2O2/c1-16-12-19(14-18-8-4-3-5-9-18)24-21(13-16)23(25(28)29-17(2)15-26)20-10-6-7-11-22(20)27-24/h3-11,14,16-17H,12-13H2,1-2H3/b19-14+/t16-,17+/m1/s1. The quantitative estimate of drug-likeness (QED) is 0.567. The lowest BCUT2D eigenvalue weighted by Crippen LogP contribution is -2.21. The summed E-state index contributed by atoms with van der Waals surface area (Å²) in [4.78, 5) is 18.0. The predicted molar refractivity (Wildman–Crippen MR) is 114 cm³/mol. The smallest absolute Gasteiger partial charge is 0.340 e. The first-order valence-electron chi connectivity index (χ1n) is 9.85. The van der Waals surface area contributed by atoms with E-state index in [0.717, 1.165) is 46.1 Å². The Morgan fingerprint density at radius 3 is 2.66 bits per heavy atom. The van der Waals surface area contributed by atoms with Gasteiger partial charge in [-0.2, -0.15) is 5.26 Å². The van der Waals surface area contributed by atoms with Gasteiger partial charge in [0.25, 0.3) is 0 Å². The Bertz CT molecular complexity index is 1140. The number of ether oxygens (including phenoxy) is 1. The molecule has 0 aliphatic heterocycles. The molecule has 1 heterocycles. The summed E-state index contributed by atoms with van der Waals surface area (Å²) in [5.41, 5.74) is 5.31. The molecule has 0 radical (unpaired) electrons. The van der Waals surface area contributed by atoms with Crippen LogP contribution in [0.15, 0.2) is 54.6 Å². The molecule has 1 aliphatic rings. The summed E-state index contributed by atoms with van der Waals surface area (Å²) in [5.74, 6) is -0.0811. The van der Waals surface area contributed by atoms with E-state index in [0.29, 0.717) is 11.5 Å². The van der Waals surface area contributed by atoms with Crippen LogP contribution in [0.3, 0.4) is 0 Å². The Morgan fingerprint density at radius 2 is 1.90 bits per heavy atom. The van der Waals surface area contributed by atoms with Crippen LogP contribution in [0.1, 0.15) is 47.4 Å². The maximum atomic E-state index is 13.1. The van der Waals surface area contributed by atoms with Gasteiger partial charge in [0.15, 0.2) is 6.10 Å². The first kappa shape index (κ1) is 18.9. The maximum Gasteiger partial charge on any atom is 0.340 e. The van der Waals surface area contributed by atoms with Gasteiger partial charge in [0, 0.05) is 5.39 Å². The van der Waals surface area contributed by atoms with E-state index in [1.807, 2.05) is 48.5 Å². The van der Waals surface area contributed by atoms with Crippen LogP contribution in [0.4, 0.5) is 0 Å². The van der Waals surface area contributed by atoms with Crippen molar-refractivity contribution in [2.45, 2.75) is 32.8 Å². The molecule has 4 rings (SSSR count). The molecule has 0 saturated carbocycles. The summed E-state index contributed by atoms with van der Waals surface area (Å²) in [6.07, 6.45) is 3.01. The fourth-order valence-electron chi connectivity index (χ4n) is 3.97. The molecule has 0 fully saturated rings. The summed E-state index contributed by atoms with van der Waals surface area (Å²) >= 11 is 0. The molecule has 0 amide bonds. The Kier molecular flexibility index (Phi) is 5.14. The minimum absolute atomic E-state index is 0.375. The zero-order chi connectivity index (χ0) is 20.4. The van der Waals surface area contributed by atoms with Crippen molar-refractivity contribution >= 4 is 28.5 Å². The molecule has 144 valence electrons. The molecule has 0 saturated heterocycles. The first-order chi connectivity index (χ1) is 14.1. The topological polar surface area (TPSA) is 63.0 Å². The second-order valence-electron chi connectivity index (χ2n) is 7.60.